The van der Waals surface area contributed by atoms with Crippen LogP contribution in [0, 0.1) is 5.41 Å². The Labute approximate surface area is 157 Å². The third-order valence-electron chi connectivity index (χ3n) is 6.58. The number of benzene rings is 1. The van der Waals surface area contributed by atoms with Crippen LogP contribution in [0.4, 0.5) is 0 Å². The van der Waals surface area contributed by atoms with E-state index in [0.717, 1.165) is 29.8 Å². The van der Waals surface area contributed by atoms with Crippen LogP contribution in [-0.2, 0) is 22.7 Å². The van der Waals surface area contributed by atoms with Gasteiger partial charge in [-0.1, -0.05) is 18.2 Å². The number of rotatable bonds is 4. The molecule has 1 aromatic carbocycles. The number of amides is 3. The van der Waals surface area contributed by atoms with Crippen molar-refractivity contribution in [2.75, 3.05) is 13.1 Å². The van der Waals surface area contributed by atoms with E-state index in [-0.39, 0.29) is 24.1 Å². The molecule has 1 unspecified atom stereocenters. The highest BCUT2D eigenvalue weighted by Crippen LogP contribution is 2.44. The highest BCUT2D eigenvalue weighted by Gasteiger charge is 2.48. The van der Waals surface area contributed by atoms with Gasteiger partial charge in [-0.15, -0.1) is 0 Å². The Hall–Kier alpha value is -2.25. The van der Waals surface area contributed by atoms with Gasteiger partial charge in [0.2, 0.25) is 11.8 Å². The van der Waals surface area contributed by atoms with Crippen LogP contribution in [0.1, 0.15) is 47.2 Å². The summed E-state index contributed by atoms with van der Waals surface area (Å²) in [5, 5.41) is 9.30. The lowest BCUT2D eigenvalue weighted by atomic mass is 9.61. The molecule has 5 rings (SSSR count). The van der Waals surface area contributed by atoms with Crippen LogP contribution in [0.15, 0.2) is 18.2 Å². The largest absolute Gasteiger partial charge is 0.322 e. The van der Waals surface area contributed by atoms with Gasteiger partial charge < -0.3 is 15.5 Å². The molecule has 0 aromatic heterocycles. The van der Waals surface area contributed by atoms with Gasteiger partial charge >= 0.3 is 0 Å². The maximum absolute atomic E-state index is 13.1. The van der Waals surface area contributed by atoms with Crippen molar-refractivity contribution in [3.63, 3.8) is 0 Å². The minimum Gasteiger partial charge on any atom is -0.322 e. The van der Waals surface area contributed by atoms with Crippen molar-refractivity contribution in [2.45, 2.75) is 50.9 Å². The fourth-order valence-electron chi connectivity index (χ4n) is 4.99. The smallest absolute Gasteiger partial charge is 0.255 e. The van der Waals surface area contributed by atoms with Crippen LogP contribution in [-0.4, -0.2) is 47.8 Å². The number of carbonyl (C=O) groups excluding carboxylic acids is 3. The Balaban J connectivity index is 1.28. The second-order valence-corrected chi connectivity index (χ2v) is 8.44. The number of carbonyl (C=O) groups is 3. The molecule has 1 saturated carbocycles. The highest BCUT2D eigenvalue weighted by molar-refractivity contribution is 6.05. The fraction of sp³-hybridized carbons (Fsp3) is 0.550. The van der Waals surface area contributed by atoms with Crippen LogP contribution >= 0.6 is 0 Å². The summed E-state index contributed by atoms with van der Waals surface area (Å²) in [4.78, 5) is 38.3. The molecule has 0 bridgehead atoms. The predicted octanol–water partition coefficient (Wildman–Crippen LogP) is 0.289. The molecule has 2 saturated heterocycles. The van der Waals surface area contributed by atoms with E-state index in [1.165, 1.54) is 12.8 Å². The Kier molecular flexibility index (Phi) is 3.84. The van der Waals surface area contributed by atoms with E-state index in [2.05, 4.69) is 16.0 Å². The van der Waals surface area contributed by atoms with Gasteiger partial charge in [0.1, 0.15) is 6.04 Å². The summed E-state index contributed by atoms with van der Waals surface area (Å²) in [6, 6.07) is 5.90. The van der Waals surface area contributed by atoms with Crippen molar-refractivity contribution >= 4 is 17.7 Å². The minimum absolute atomic E-state index is 0.0924. The molecule has 3 fully saturated rings. The van der Waals surface area contributed by atoms with Gasteiger partial charge in [0.25, 0.3) is 5.91 Å². The maximum atomic E-state index is 13.1. The SMILES string of the molecule is O=C1CCC(N2Cc3cccc(CNC4CC5(CNC5)C4)c3C2=O)C(=O)N1. The van der Waals surface area contributed by atoms with Crippen molar-refractivity contribution in [1.82, 2.24) is 20.9 Å². The molecular weight excluding hydrogens is 344 g/mol. The van der Waals surface area contributed by atoms with Gasteiger partial charge in [0, 0.05) is 44.2 Å². The fourth-order valence-corrected chi connectivity index (χ4v) is 4.99. The summed E-state index contributed by atoms with van der Waals surface area (Å²) < 4.78 is 0. The van der Waals surface area contributed by atoms with E-state index in [0.29, 0.717) is 31.0 Å². The zero-order valence-electron chi connectivity index (χ0n) is 15.2. The molecule has 0 radical (unpaired) electrons. The zero-order chi connectivity index (χ0) is 18.6. The quantitative estimate of drug-likeness (QED) is 0.665. The number of nitrogens with zero attached hydrogens (tertiary/aromatic N) is 1. The molecule has 1 aromatic rings. The minimum atomic E-state index is -0.555. The number of hydrogen-bond acceptors (Lipinski definition) is 5. The Bertz CT molecular complexity index is 825. The lowest BCUT2D eigenvalue weighted by molar-refractivity contribution is -0.136. The Morgan fingerprint density at radius 2 is 2.00 bits per heavy atom. The van der Waals surface area contributed by atoms with Crippen molar-refractivity contribution in [1.29, 1.82) is 0 Å². The summed E-state index contributed by atoms with van der Waals surface area (Å²) in [7, 11) is 0. The first-order chi connectivity index (χ1) is 13.0. The molecule has 1 aliphatic carbocycles. The molecular formula is C20H24N4O3. The van der Waals surface area contributed by atoms with Crippen LogP contribution in [0.2, 0.25) is 0 Å². The van der Waals surface area contributed by atoms with Crippen molar-refractivity contribution in [2.24, 2.45) is 5.41 Å². The van der Waals surface area contributed by atoms with Crippen molar-refractivity contribution in [3.8, 4) is 0 Å². The summed E-state index contributed by atoms with van der Waals surface area (Å²) in [5.41, 5.74) is 3.22. The van der Waals surface area contributed by atoms with Crippen LogP contribution in [0.25, 0.3) is 0 Å². The molecule has 7 heteroatoms. The summed E-state index contributed by atoms with van der Waals surface area (Å²) in [5.74, 6) is -0.712. The topological polar surface area (TPSA) is 90.5 Å². The second-order valence-electron chi connectivity index (χ2n) is 8.44. The van der Waals surface area contributed by atoms with Crippen molar-refractivity contribution < 1.29 is 14.4 Å². The van der Waals surface area contributed by atoms with E-state index in [9.17, 15) is 14.4 Å². The Morgan fingerprint density at radius 3 is 2.70 bits per heavy atom. The van der Waals surface area contributed by atoms with Gasteiger partial charge in [-0.05, 0) is 35.8 Å². The number of fused-ring (bicyclic) bond motifs is 1. The first-order valence-electron chi connectivity index (χ1n) is 9.74. The molecule has 3 N–H and O–H groups in total. The number of piperidine rings is 1. The second kappa shape index (κ2) is 6.14. The number of imide groups is 1. The number of hydrogen-bond donors (Lipinski definition) is 3. The molecule has 1 spiro atoms. The van der Waals surface area contributed by atoms with E-state index in [1.807, 2.05) is 18.2 Å². The maximum Gasteiger partial charge on any atom is 0.255 e. The van der Waals surface area contributed by atoms with E-state index in [1.54, 1.807) is 4.90 Å². The van der Waals surface area contributed by atoms with Gasteiger partial charge in [-0.3, -0.25) is 19.7 Å². The van der Waals surface area contributed by atoms with Gasteiger partial charge in [0.05, 0.1) is 0 Å². The molecule has 4 aliphatic rings. The molecule has 142 valence electrons. The third-order valence-corrected chi connectivity index (χ3v) is 6.58. The molecule has 7 nitrogen and oxygen atoms in total. The lowest BCUT2D eigenvalue weighted by Crippen LogP contribution is -2.64. The van der Waals surface area contributed by atoms with Crippen LogP contribution in [0.5, 0.6) is 0 Å². The van der Waals surface area contributed by atoms with Gasteiger partial charge in [-0.25, -0.2) is 0 Å². The lowest BCUT2D eigenvalue weighted by Gasteiger charge is -2.54. The summed E-state index contributed by atoms with van der Waals surface area (Å²) >= 11 is 0. The molecule has 1 atom stereocenters. The van der Waals surface area contributed by atoms with Crippen LogP contribution < -0.4 is 16.0 Å². The molecule has 27 heavy (non-hydrogen) atoms. The normalized spacial score (nSPS) is 26.6. The zero-order valence-corrected chi connectivity index (χ0v) is 15.2. The molecule has 3 heterocycles. The van der Waals surface area contributed by atoms with E-state index in [4.69, 9.17) is 0 Å². The monoisotopic (exact) mass is 368 g/mol. The molecule has 3 amide bonds. The summed E-state index contributed by atoms with van der Waals surface area (Å²) in [6.45, 7) is 3.37. The Morgan fingerprint density at radius 1 is 1.19 bits per heavy atom. The molecule has 3 aliphatic heterocycles. The first kappa shape index (κ1) is 16.9. The average molecular weight is 368 g/mol. The predicted molar refractivity (Wildman–Crippen MR) is 97.7 cm³/mol. The van der Waals surface area contributed by atoms with E-state index >= 15 is 0 Å². The first-order valence-corrected chi connectivity index (χ1v) is 9.74. The van der Waals surface area contributed by atoms with E-state index < -0.39 is 6.04 Å². The number of nitrogens with one attached hydrogen (secondary N) is 3. The van der Waals surface area contributed by atoms with Crippen LogP contribution in [0.3, 0.4) is 0 Å². The average Bonchev–Trinajstić information content (AvgIpc) is 2.90. The van der Waals surface area contributed by atoms with Crippen molar-refractivity contribution in [3.05, 3.63) is 34.9 Å². The van der Waals surface area contributed by atoms with Gasteiger partial charge in [-0.2, -0.15) is 0 Å². The summed E-state index contributed by atoms with van der Waals surface area (Å²) in [6.07, 6.45) is 3.08. The third kappa shape index (κ3) is 2.76. The van der Waals surface area contributed by atoms with Gasteiger partial charge in [0.15, 0.2) is 0 Å². The standard InChI is InChI=1S/C20H24N4O3/c25-16-5-4-15(18(26)23-16)24-9-13-3-1-2-12(17(13)19(24)27)8-22-14-6-20(7-14)10-21-11-20/h1-3,14-15,21-22H,4-11H2,(H,23,25,26). The highest BCUT2D eigenvalue weighted by atomic mass is 16.2.